The van der Waals surface area contributed by atoms with E-state index >= 15 is 0 Å². The number of carbonyl (C=O) groups excluding carboxylic acids is 2. The van der Waals surface area contributed by atoms with Crippen molar-refractivity contribution in [1.82, 2.24) is 4.57 Å². The second-order valence-electron chi connectivity index (χ2n) is 7.20. The van der Waals surface area contributed by atoms with Crippen LogP contribution in [0.4, 0.5) is 5.69 Å². The molecular weight excluding hydrogens is 312 g/mol. The Morgan fingerprint density at radius 1 is 0.960 bits per heavy atom. The van der Waals surface area contributed by atoms with Gasteiger partial charge in [0, 0.05) is 24.2 Å². The van der Waals surface area contributed by atoms with Crippen molar-refractivity contribution in [2.75, 3.05) is 5.32 Å². The molecule has 0 bridgehead atoms. The van der Waals surface area contributed by atoms with E-state index in [1.165, 1.54) is 11.5 Å². The van der Waals surface area contributed by atoms with E-state index < -0.39 is 0 Å². The second-order valence-corrected chi connectivity index (χ2v) is 7.20. The summed E-state index contributed by atoms with van der Waals surface area (Å²) in [6.07, 6.45) is 1.61. The summed E-state index contributed by atoms with van der Waals surface area (Å²) in [5.74, 6) is -0.335. The van der Waals surface area contributed by atoms with Crippen LogP contribution in [-0.4, -0.2) is 16.4 Å². The number of fused-ring (bicyclic) bond motifs is 1. The predicted molar refractivity (Wildman–Crippen MR) is 101 cm³/mol. The Balaban J connectivity index is 2.04. The Labute approximate surface area is 147 Å². The Bertz CT molecular complexity index is 961. The van der Waals surface area contributed by atoms with Gasteiger partial charge in [-0.25, -0.2) is 0 Å². The molecule has 2 aromatic carbocycles. The molecule has 0 aliphatic carbocycles. The number of benzene rings is 2. The number of carbonyl (C=O) groups is 2. The van der Waals surface area contributed by atoms with E-state index in [1.807, 2.05) is 48.5 Å². The zero-order valence-corrected chi connectivity index (χ0v) is 15.0. The monoisotopic (exact) mass is 334 g/mol. The minimum atomic E-state index is -0.215. The molecule has 0 unspecified atom stereocenters. The third-order valence-electron chi connectivity index (χ3n) is 4.28. The van der Waals surface area contributed by atoms with Gasteiger partial charge < -0.3 is 5.32 Å². The second kappa shape index (κ2) is 6.20. The molecule has 4 nitrogen and oxygen atoms in total. The van der Waals surface area contributed by atoms with Crippen LogP contribution in [0.1, 0.15) is 48.4 Å². The van der Waals surface area contributed by atoms with Crippen LogP contribution in [0.15, 0.2) is 54.7 Å². The summed E-state index contributed by atoms with van der Waals surface area (Å²) in [5.41, 5.74) is 3.01. The highest BCUT2D eigenvalue weighted by atomic mass is 16.2. The highest BCUT2D eigenvalue weighted by molar-refractivity contribution is 6.14. The summed E-state index contributed by atoms with van der Waals surface area (Å²) in [4.78, 5) is 24.8. The minimum absolute atomic E-state index is 0.0861. The third-order valence-corrected chi connectivity index (χ3v) is 4.28. The summed E-state index contributed by atoms with van der Waals surface area (Å²) < 4.78 is 1.51. The lowest BCUT2D eigenvalue weighted by atomic mass is 9.86. The van der Waals surface area contributed by atoms with E-state index in [2.05, 4.69) is 26.1 Å². The van der Waals surface area contributed by atoms with Crippen molar-refractivity contribution < 1.29 is 9.59 Å². The largest absolute Gasteiger partial charge is 0.322 e. The number of anilines is 1. The molecule has 128 valence electrons. The van der Waals surface area contributed by atoms with Crippen LogP contribution in [0.2, 0.25) is 0 Å². The standard InChI is InChI=1S/C21H22N2O2/c1-14(24)23-13-16(15-9-5-8-12-19(15)23)20(25)22-18-11-7-6-10-17(18)21(2,3)4/h5-13H,1-4H3,(H,22,25). The summed E-state index contributed by atoms with van der Waals surface area (Å²) in [5, 5.41) is 3.78. The molecule has 4 heteroatoms. The minimum Gasteiger partial charge on any atom is -0.322 e. The molecule has 1 N–H and O–H groups in total. The average molecular weight is 334 g/mol. The highest BCUT2D eigenvalue weighted by Gasteiger charge is 2.21. The number of para-hydroxylation sites is 2. The fourth-order valence-electron chi connectivity index (χ4n) is 3.06. The molecule has 1 aromatic heterocycles. The maximum absolute atomic E-state index is 12.9. The number of amides is 1. The zero-order chi connectivity index (χ0) is 18.2. The van der Waals surface area contributed by atoms with Crippen molar-refractivity contribution in [3.05, 3.63) is 65.9 Å². The van der Waals surface area contributed by atoms with Gasteiger partial charge in [-0.1, -0.05) is 57.2 Å². The topological polar surface area (TPSA) is 51.1 Å². The number of hydrogen-bond acceptors (Lipinski definition) is 2. The van der Waals surface area contributed by atoms with Gasteiger partial charge in [0.05, 0.1) is 11.1 Å². The Kier molecular flexibility index (Phi) is 4.21. The van der Waals surface area contributed by atoms with Gasteiger partial charge >= 0.3 is 0 Å². The maximum Gasteiger partial charge on any atom is 0.257 e. The van der Waals surface area contributed by atoms with Gasteiger partial charge in [-0.3, -0.25) is 14.2 Å². The van der Waals surface area contributed by atoms with Crippen LogP contribution < -0.4 is 5.32 Å². The SMILES string of the molecule is CC(=O)n1cc(C(=O)Nc2ccccc2C(C)(C)C)c2ccccc21. The fraction of sp³-hybridized carbons (Fsp3) is 0.238. The molecule has 0 saturated carbocycles. The van der Waals surface area contributed by atoms with E-state index in [-0.39, 0.29) is 17.2 Å². The Morgan fingerprint density at radius 2 is 1.60 bits per heavy atom. The van der Waals surface area contributed by atoms with Crippen molar-refractivity contribution in [2.24, 2.45) is 0 Å². The van der Waals surface area contributed by atoms with E-state index in [4.69, 9.17) is 0 Å². The predicted octanol–water partition coefficient (Wildman–Crippen LogP) is 4.85. The molecule has 0 aliphatic heterocycles. The smallest absolute Gasteiger partial charge is 0.257 e. The maximum atomic E-state index is 12.9. The lowest BCUT2D eigenvalue weighted by molar-refractivity contribution is 0.0941. The van der Waals surface area contributed by atoms with Crippen LogP contribution in [-0.2, 0) is 5.41 Å². The van der Waals surface area contributed by atoms with Gasteiger partial charge in [-0.2, -0.15) is 0 Å². The molecule has 0 atom stereocenters. The van der Waals surface area contributed by atoms with Crippen molar-refractivity contribution >= 4 is 28.4 Å². The average Bonchev–Trinajstić information content (AvgIpc) is 2.94. The molecule has 0 radical (unpaired) electrons. The molecular formula is C21H22N2O2. The van der Waals surface area contributed by atoms with Crippen LogP contribution in [0, 0.1) is 0 Å². The van der Waals surface area contributed by atoms with E-state index in [1.54, 1.807) is 6.20 Å². The first-order valence-electron chi connectivity index (χ1n) is 8.31. The molecule has 0 aliphatic rings. The first-order valence-corrected chi connectivity index (χ1v) is 8.31. The van der Waals surface area contributed by atoms with E-state index in [0.29, 0.717) is 5.56 Å². The molecule has 1 amide bonds. The summed E-state index contributed by atoms with van der Waals surface area (Å²) in [7, 11) is 0. The Morgan fingerprint density at radius 3 is 2.28 bits per heavy atom. The molecule has 0 fully saturated rings. The normalized spacial score (nSPS) is 11.5. The number of hydrogen-bond donors (Lipinski definition) is 1. The van der Waals surface area contributed by atoms with E-state index in [0.717, 1.165) is 22.2 Å². The highest BCUT2D eigenvalue weighted by Crippen LogP contribution is 2.30. The number of nitrogens with one attached hydrogen (secondary N) is 1. The van der Waals surface area contributed by atoms with Crippen molar-refractivity contribution in [2.45, 2.75) is 33.1 Å². The van der Waals surface area contributed by atoms with Crippen LogP contribution in [0.25, 0.3) is 10.9 Å². The first kappa shape index (κ1) is 17.0. The number of rotatable bonds is 2. The van der Waals surface area contributed by atoms with Crippen molar-refractivity contribution in [1.29, 1.82) is 0 Å². The van der Waals surface area contributed by atoms with E-state index in [9.17, 15) is 9.59 Å². The van der Waals surface area contributed by atoms with Crippen molar-refractivity contribution in [3.8, 4) is 0 Å². The molecule has 25 heavy (non-hydrogen) atoms. The van der Waals surface area contributed by atoms with Gasteiger partial charge in [0.1, 0.15) is 0 Å². The lowest BCUT2D eigenvalue weighted by Gasteiger charge is -2.22. The molecule has 3 aromatic rings. The van der Waals surface area contributed by atoms with Gasteiger partial charge in [-0.05, 0) is 23.1 Å². The summed E-state index contributed by atoms with van der Waals surface area (Å²) >= 11 is 0. The quantitative estimate of drug-likeness (QED) is 0.728. The molecule has 0 saturated heterocycles. The summed E-state index contributed by atoms with van der Waals surface area (Å²) in [6.45, 7) is 7.82. The third kappa shape index (κ3) is 3.20. The first-order chi connectivity index (χ1) is 11.8. The fourth-order valence-corrected chi connectivity index (χ4v) is 3.06. The van der Waals surface area contributed by atoms with Gasteiger partial charge in [-0.15, -0.1) is 0 Å². The van der Waals surface area contributed by atoms with Crippen LogP contribution in [0.5, 0.6) is 0 Å². The van der Waals surface area contributed by atoms with Gasteiger partial charge in [0.2, 0.25) is 5.91 Å². The van der Waals surface area contributed by atoms with Crippen molar-refractivity contribution in [3.63, 3.8) is 0 Å². The molecule has 3 rings (SSSR count). The molecule has 1 heterocycles. The number of aromatic nitrogens is 1. The lowest BCUT2D eigenvalue weighted by Crippen LogP contribution is -2.18. The summed E-state index contributed by atoms with van der Waals surface area (Å²) in [6, 6.07) is 15.2. The van der Waals surface area contributed by atoms with Crippen LogP contribution >= 0.6 is 0 Å². The van der Waals surface area contributed by atoms with Crippen LogP contribution in [0.3, 0.4) is 0 Å². The van der Waals surface area contributed by atoms with Gasteiger partial charge in [0.25, 0.3) is 5.91 Å². The number of nitrogens with zero attached hydrogens (tertiary/aromatic N) is 1. The van der Waals surface area contributed by atoms with Gasteiger partial charge in [0.15, 0.2) is 0 Å². The zero-order valence-electron chi connectivity index (χ0n) is 15.0. The molecule has 0 spiro atoms. The Hall–Kier alpha value is -2.88.